The molecule has 0 atom stereocenters. The molecule has 70 valence electrons. The number of hydrogen-bond acceptors (Lipinski definition) is 2. The van der Waals surface area contributed by atoms with Crippen molar-refractivity contribution in [3.63, 3.8) is 0 Å². The maximum Gasteiger partial charge on any atom is 0.0379 e. The Morgan fingerprint density at radius 3 is 3.21 bits per heavy atom. The van der Waals surface area contributed by atoms with Crippen LogP contribution in [0.25, 0.3) is 10.8 Å². The highest BCUT2D eigenvalue weighted by atomic mass is 14.9. The van der Waals surface area contributed by atoms with Crippen LogP contribution >= 0.6 is 0 Å². The third-order valence-corrected chi connectivity index (χ3v) is 2.80. The summed E-state index contributed by atoms with van der Waals surface area (Å²) in [5.41, 5.74) is 2.73. The first-order chi connectivity index (χ1) is 6.93. The average molecular weight is 184 g/mol. The van der Waals surface area contributed by atoms with E-state index in [1.807, 2.05) is 12.4 Å². The molecule has 0 saturated heterocycles. The van der Waals surface area contributed by atoms with E-state index in [4.69, 9.17) is 0 Å². The Morgan fingerprint density at radius 1 is 1.21 bits per heavy atom. The number of aryl methyl sites for hydroxylation is 1. The zero-order valence-corrected chi connectivity index (χ0v) is 7.96. The van der Waals surface area contributed by atoms with Crippen LogP contribution in [0.3, 0.4) is 0 Å². The molecule has 0 aliphatic carbocycles. The predicted molar refractivity (Wildman–Crippen MR) is 58.6 cm³/mol. The van der Waals surface area contributed by atoms with Crippen molar-refractivity contribution in [1.82, 2.24) is 4.98 Å². The van der Waals surface area contributed by atoms with Crippen molar-refractivity contribution in [2.24, 2.45) is 0 Å². The first-order valence-electron chi connectivity index (χ1n) is 5.04. The highest BCUT2D eigenvalue weighted by molar-refractivity contribution is 5.86. The van der Waals surface area contributed by atoms with Gasteiger partial charge in [-0.25, -0.2) is 0 Å². The summed E-state index contributed by atoms with van der Waals surface area (Å²) in [6, 6.07) is 6.54. The van der Waals surface area contributed by atoms with E-state index in [2.05, 4.69) is 28.5 Å². The number of hydrogen-bond donors (Lipinski definition) is 1. The standard InChI is InChI=1S/C12H12N2/c1-2-10-6-11-8-13-5-3-9(11)7-12(10)14-4-1/h3,5-8,14H,1-2,4H2. The Kier molecular flexibility index (Phi) is 1.66. The van der Waals surface area contributed by atoms with Crippen LogP contribution in [0.1, 0.15) is 12.0 Å². The third kappa shape index (κ3) is 1.15. The second-order valence-electron chi connectivity index (χ2n) is 3.76. The normalized spacial score (nSPS) is 14.9. The Labute approximate surface area is 83.0 Å². The lowest BCUT2D eigenvalue weighted by Gasteiger charge is -2.18. The molecule has 0 unspecified atom stereocenters. The van der Waals surface area contributed by atoms with E-state index < -0.39 is 0 Å². The zero-order chi connectivity index (χ0) is 9.38. The van der Waals surface area contributed by atoms with Gasteiger partial charge >= 0.3 is 0 Å². The van der Waals surface area contributed by atoms with E-state index in [1.54, 1.807) is 0 Å². The van der Waals surface area contributed by atoms with Gasteiger partial charge in [-0.1, -0.05) is 0 Å². The number of nitrogens with one attached hydrogen (secondary N) is 1. The average Bonchev–Trinajstić information content (AvgIpc) is 2.26. The Bertz CT molecular complexity index is 432. The van der Waals surface area contributed by atoms with Gasteiger partial charge in [-0.05, 0) is 42.0 Å². The van der Waals surface area contributed by atoms with Crippen LogP contribution in [-0.4, -0.2) is 11.5 Å². The molecule has 2 heteroatoms. The molecule has 1 aromatic heterocycles. The minimum Gasteiger partial charge on any atom is -0.385 e. The fraction of sp³-hybridized carbons (Fsp3) is 0.250. The topological polar surface area (TPSA) is 24.9 Å². The molecule has 3 rings (SSSR count). The van der Waals surface area contributed by atoms with E-state index in [0.717, 1.165) is 6.54 Å². The second-order valence-corrected chi connectivity index (χ2v) is 3.76. The van der Waals surface area contributed by atoms with Crippen molar-refractivity contribution in [2.45, 2.75) is 12.8 Å². The Morgan fingerprint density at radius 2 is 2.21 bits per heavy atom. The van der Waals surface area contributed by atoms with Gasteiger partial charge in [-0.15, -0.1) is 0 Å². The molecule has 14 heavy (non-hydrogen) atoms. The minimum absolute atomic E-state index is 1.10. The van der Waals surface area contributed by atoms with Crippen molar-refractivity contribution in [2.75, 3.05) is 11.9 Å². The summed E-state index contributed by atoms with van der Waals surface area (Å²) in [7, 11) is 0. The molecule has 2 nitrogen and oxygen atoms in total. The molecule has 0 radical (unpaired) electrons. The van der Waals surface area contributed by atoms with Crippen LogP contribution in [0, 0.1) is 0 Å². The van der Waals surface area contributed by atoms with E-state index in [-0.39, 0.29) is 0 Å². The number of benzene rings is 1. The smallest absolute Gasteiger partial charge is 0.0379 e. The number of nitrogens with zero attached hydrogens (tertiary/aromatic N) is 1. The van der Waals surface area contributed by atoms with Crippen LogP contribution in [0.15, 0.2) is 30.6 Å². The van der Waals surface area contributed by atoms with Crippen LogP contribution in [0.4, 0.5) is 5.69 Å². The molecule has 0 saturated carbocycles. The highest BCUT2D eigenvalue weighted by Gasteiger charge is 2.08. The van der Waals surface area contributed by atoms with Gasteiger partial charge in [0.15, 0.2) is 0 Å². The molecule has 0 spiro atoms. The molecule has 1 aliphatic heterocycles. The van der Waals surface area contributed by atoms with Gasteiger partial charge < -0.3 is 5.32 Å². The molecule has 0 amide bonds. The summed E-state index contributed by atoms with van der Waals surface area (Å²) in [6.07, 6.45) is 6.20. The number of anilines is 1. The fourth-order valence-corrected chi connectivity index (χ4v) is 2.06. The maximum atomic E-state index is 4.14. The van der Waals surface area contributed by atoms with Crippen molar-refractivity contribution >= 4 is 16.5 Å². The van der Waals surface area contributed by atoms with E-state index in [0.29, 0.717) is 0 Å². The lowest BCUT2D eigenvalue weighted by Crippen LogP contribution is -2.11. The molecular weight excluding hydrogens is 172 g/mol. The van der Waals surface area contributed by atoms with E-state index in [9.17, 15) is 0 Å². The van der Waals surface area contributed by atoms with Gasteiger partial charge in [0.25, 0.3) is 0 Å². The monoisotopic (exact) mass is 184 g/mol. The van der Waals surface area contributed by atoms with Crippen LogP contribution in [-0.2, 0) is 6.42 Å². The summed E-state index contributed by atoms with van der Waals surface area (Å²) < 4.78 is 0. The van der Waals surface area contributed by atoms with Crippen LogP contribution in [0.2, 0.25) is 0 Å². The molecule has 1 aromatic carbocycles. The largest absolute Gasteiger partial charge is 0.385 e. The molecule has 1 N–H and O–H groups in total. The number of aromatic nitrogens is 1. The SMILES string of the molecule is c1cc2cc3c(cc2cn1)CCCN3. The van der Waals surface area contributed by atoms with Crippen LogP contribution in [0.5, 0.6) is 0 Å². The van der Waals surface area contributed by atoms with Crippen molar-refractivity contribution in [3.05, 3.63) is 36.2 Å². The second kappa shape index (κ2) is 2.98. The van der Waals surface area contributed by atoms with Gasteiger partial charge in [-0.2, -0.15) is 0 Å². The molecule has 1 aliphatic rings. The molecule has 0 bridgehead atoms. The van der Waals surface area contributed by atoms with Crippen molar-refractivity contribution < 1.29 is 0 Å². The van der Waals surface area contributed by atoms with Gasteiger partial charge in [0.1, 0.15) is 0 Å². The van der Waals surface area contributed by atoms with Gasteiger partial charge in [-0.3, -0.25) is 4.98 Å². The summed E-state index contributed by atoms with van der Waals surface area (Å²) in [5, 5.41) is 5.95. The molecule has 0 fully saturated rings. The summed E-state index contributed by atoms with van der Waals surface area (Å²) >= 11 is 0. The predicted octanol–water partition coefficient (Wildman–Crippen LogP) is 2.59. The first kappa shape index (κ1) is 7.80. The maximum absolute atomic E-state index is 4.14. The summed E-state index contributed by atoms with van der Waals surface area (Å²) in [6.45, 7) is 1.10. The summed E-state index contributed by atoms with van der Waals surface area (Å²) in [5.74, 6) is 0. The number of rotatable bonds is 0. The number of pyridine rings is 1. The molecule has 2 heterocycles. The van der Waals surface area contributed by atoms with Gasteiger partial charge in [0, 0.05) is 30.0 Å². The zero-order valence-electron chi connectivity index (χ0n) is 7.96. The van der Waals surface area contributed by atoms with E-state index >= 15 is 0 Å². The number of fused-ring (bicyclic) bond motifs is 2. The van der Waals surface area contributed by atoms with Crippen molar-refractivity contribution in [3.8, 4) is 0 Å². The highest BCUT2D eigenvalue weighted by Crippen LogP contribution is 2.26. The van der Waals surface area contributed by atoms with Crippen molar-refractivity contribution in [1.29, 1.82) is 0 Å². The molecule has 2 aromatic rings. The minimum atomic E-state index is 1.10. The summed E-state index contributed by atoms with van der Waals surface area (Å²) in [4.78, 5) is 4.14. The first-order valence-corrected chi connectivity index (χ1v) is 5.04. The fourth-order valence-electron chi connectivity index (χ4n) is 2.06. The quantitative estimate of drug-likeness (QED) is 0.680. The van der Waals surface area contributed by atoms with Gasteiger partial charge in [0.05, 0.1) is 0 Å². The van der Waals surface area contributed by atoms with Gasteiger partial charge in [0.2, 0.25) is 0 Å². The lowest BCUT2D eigenvalue weighted by atomic mass is 10.00. The Hall–Kier alpha value is -1.57. The molecular formula is C12H12N2. The Balaban J connectivity index is 2.27. The van der Waals surface area contributed by atoms with E-state index in [1.165, 1.54) is 34.9 Å². The lowest BCUT2D eigenvalue weighted by molar-refractivity contribution is 0.832. The third-order valence-electron chi connectivity index (χ3n) is 2.80. The van der Waals surface area contributed by atoms with Crippen LogP contribution < -0.4 is 5.32 Å².